The van der Waals surface area contributed by atoms with Crippen molar-refractivity contribution in [2.45, 2.75) is 19.8 Å². The molecule has 3 nitrogen and oxygen atoms in total. The Hall–Kier alpha value is -1.12. The minimum Gasteiger partial charge on any atom is -0.478 e. The van der Waals surface area contributed by atoms with Crippen molar-refractivity contribution in [1.82, 2.24) is 0 Å². The predicted molar refractivity (Wildman–Crippen MR) is 36.7 cm³/mol. The lowest BCUT2D eigenvalue weighted by Crippen LogP contribution is -1.92. The van der Waals surface area contributed by atoms with E-state index in [0.717, 1.165) is 6.08 Å². The first-order valence-electron chi connectivity index (χ1n) is 3.06. The van der Waals surface area contributed by atoms with Crippen molar-refractivity contribution in [3.63, 3.8) is 0 Å². The van der Waals surface area contributed by atoms with E-state index in [1.54, 1.807) is 0 Å². The first kappa shape index (κ1) is 8.88. The zero-order chi connectivity index (χ0) is 7.98. The number of rotatable bonds is 4. The number of carboxylic acid groups (broad SMARTS) is 1. The van der Waals surface area contributed by atoms with Crippen LogP contribution in [0.3, 0.4) is 0 Å². The zero-order valence-electron chi connectivity index (χ0n) is 5.83. The van der Waals surface area contributed by atoms with E-state index < -0.39 is 5.97 Å². The summed E-state index contributed by atoms with van der Waals surface area (Å²) in [4.78, 5) is 20.0. The van der Waals surface area contributed by atoms with Crippen molar-refractivity contribution in [1.29, 1.82) is 0 Å². The number of allylic oxidation sites excluding steroid dienone is 1. The van der Waals surface area contributed by atoms with Gasteiger partial charge in [0.2, 0.25) is 0 Å². The third-order valence-electron chi connectivity index (χ3n) is 1.13. The van der Waals surface area contributed by atoms with Gasteiger partial charge in [0, 0.05) is 12.5 Å². The van der Waals surface area contributed by atoms with Gasteiger partial charge in [-0.3, -0.25) is 0 Å². The minimum absolute atomic E-state index is 0.225. The van der Waals surface area contributed by atoms with Gasteiger partial charge in [-0.15, -0.1) is 0 Å². The molecule has 0 rings (SSSR count). The Morgan fingerprint density at radius 1 is 1.60 bits per heavy atom. The molecule has 1 N–H and O–H groups in total. The summed E-state index contributed by atoms with van der Waals surface area (Å²) in [6.45, 7) is 1.82. The van der Waals surface area contributed by atoms with Crippen molar-refractivity contribution in [2.75, 3.05) is 0 Å². The van der Waals surface area contributed by atoms with Gasteiger partial charge in [0.1, 0.15) is 6.29 Å². The van der Waals surface area contributed by atoms with Crippen molar-refractivity contribution < 1.29 is 14.7 Å². The maximum Gasteiger partial charge on any atom is 0.328 e. The van der Waals surface area contributed by atoms with Crippen LogP contribution in [0.15, 0.2) is 11.6 Å². The van der Waals surface area contributed by atoms with Crippen molar-refractivity contribution >= 4 is 12.3 Å². The fourth-order valence-electron chi connectivity index (χ4n) is 0.587. The standard InChI is InChI=1S/C7H10O3/c1-2-6(3-4-8)5-7(9)10/h4-5H,2-3H2,1H3,(H,9,10). The van der Waals surface area contributed by atoms with Crippen LogP contribution in [0.25, 0.3) is 0 Å². The molecule has 56 valence electrons. The van der Waals surface area contributed by atoms with Crippen LogP contribution in [-0.2, 0) is 9.59 Å². The molecule has 0 saturated carbocycles. The van der Waals surface area contributed by atoms with Gasteiger partial charge in [-0.25, -0.2) is 4.79 Å². The zero-order valence-corrected chi connectivity index (χ0v) is 5.83. The molecular formula is C7H10O3. The van der Waals surface area contributed by atoms with Crippen LogP contribution in [0.5, 0.6) is 0 Å². The molecule has 0 heterocycles. The van der Waals surface area contributed by atoms with Gasteiger partial charge in [-0.2, -0.15) is 0 Å². The third kappa shape index (κ3) is 3.83. The molecule has 0 saturated heterocycles. The van der Waals surface area contributed by atoms with Crippen molar-refractivity contribution in [2.24, 2.45) is 0 Å². The van der Waals surface area contributed by atoms with Gasteiger partial charge >= 0.3 is 5.97 Å². The van der Waals surface area contributed by atoms with E-state index in [4.69, 9.17) is 5.11 Å². The Bertz CT molecular complexity index is 158. The molecule has 3 heteroatoms. The summed E-state index contributed by atoms with van der Waals surface area (Å²) in [7, 11) is 0. The first-order chi connectivity index (χ1) is 4.70. The molecule has 0 aromatic rings. The summed E-state index contributed by atoms with van der Waals surface area (Å²) < 4.78 is 0. The molecule has 0 bridgehead atoms. The summed E-state index contributed by atoms with van der Waals surface area (Å²) >= 11 is 0. The fourth-order valence-corrected chi connectivity index (χ4v) is 0.587. The predicted octanol–water partition coefficient (Wildman–Crippen LogP) is 0.996. The van der Waals surface area contributed by atoms with Gasteiger partial charge in [0.15, 0.2) is 0 Å². The lowest BCUT2D eigenvalue weighted by molar-refractivity contribution is -0.131. The molecule has 0 aromatic carbocycles. The monoisotopic (exact) mass is 142 g/mol. The molecule has 0 aliphatic carbocycles. The molecule has 0 atom stereocenters. The van der Waals surface area contributed by atoms with Gasteiger partial charge in [0.25, 0.3) is 0 Å². The normalized spacial score (nSPS) is 11.1. The van der Waals surface area contributed by atoms with Crippen molar-refractivity contribution in [3.05, 3.63) is 11.6 Å². The molecule has 0 aliphatic heterocycles. The maximum atomic E-state index is 10.1. The van der Waals surface area contributed by atoms with Crippen LogP contribution < -0.4 is 0 Å². The van der Waals surface area contributed by atoms with E-state index in [0.29, 0.717) is 18.3 Å². The number of carbonyl (C=O) groups excluding carboxylic acids is 1. The van der Waals surface area contributed by atoms with E-state index >= 15 is 0 Å². The van der Waals surface area contributed by atoms with Crippen LogP contribution in [0.2, 0.25) is 0 Å². The van der Waals surface area contributed by atoms with Crippen LogP contribution >= 0.6 is 0 Å². The number of hydrogen-bond acceptors (Lipinski definition) is 2. The van der Waals surface area contributed by atoms with Crippen LogP contribution in [0.1, 0.15) is 19.8 Å². The van der Waals surface area contributed by atoms with Gasteiger partial charge in [-0.1, -0.05) is 12.5 Å². The summed E-state index contributed by atoms with van der Waals surface area (Å²) in [5.74, 6) is -0.987. The molecule has 10 heavy (non-hydrogen) atoms. The second-order valence-electron chi connectivity index (χ2n) is 1.87. The Labute approximate surface area is 59.4 Å². The van der Waals surface area contributed by atoms with E-state index in [9.17, 15) is 9.59 Å². The highest BCUT2D eigenvalue weighted by molar-refractivity contribution is 5.81. The maximum absolute atomic E-state index is 10.1. The molecule has 0 fully saturated rings. The van der Waals surface area contributed by atoms with Gasteiger partial charge in [0.05, 0.1) is 0 Å². The highest BCUT2D eigenvalue weighted by Gasteiger charge is 1.95. The average Bonchev–Trinajstić information content (AvgIpc) is 1.86. The number of aldehydes is 1. The molecule has 0 unspecified atom stereocenters. The van der Waals surface area contributed by atoms with E-state index in [1.165, 1.54) is 0 Å². The second kappa shape index (κ2) is 4.73. The number of carbonyl (C=O) groups is 2. The van der Waals surface area contributed by atoms with E-state index in [2.05, 4.69) is 0 Å². The summed E-state index contributed by atoms with van der Waals surface area (Å²) in [6.07, 6.45) is 2.63. The largest absolute Gasteiger partial charge is 0.478 e. The number of aliphatic carboxylic acids is 1. The third-order valence-corrected chi connectivity index (χ3v) is 1.13. The summed E-state index contributed by atoms with van der Waals surface area (Å²) in [6, 6.07) is 0. The topological polar surface area (TPSA) is 54.4 Å². The summed E-state index contributed by atoms with van der Waals surface area (Å²) in [5, 5.41) is 8.25. The summed E-state index contributed by atoms with van der Waals surface area (Å²) in [5.41, 5.74) is 0.655. The van der Waals surface area contributed by atoms with E-state index in [-0.39, 0.29) is 6.42 Å². The van der Waals surface area contributed by atoms with Crippen LogP contribution in [-0.4, -0.2) is 17.4 Å². The lowest BCUT2D eigenvalue weighted by atomic mass is 10.1. The minimum atomic E-state index is -0.987. The Balaban J connectivity index is 4.03. The Morgan fingerprint density at radius 3 is 2.50 bits per heavy atom. The van der Waals surface area contributed by atoms with Crippen LogP contribution in [0, 0.1) is 0 Å². The molecule has 0 aliphatic rings. The quantitative estimate of drug-likeness (QED) is 0.470. The highest BCUT2D eigenvalue weighted by Crippen LogP contribution is 2.02. The van der Waals surface area contributed by atoms with Crippen molar-refractivity contribution in [3.8, 4) is 0 Å². The molecule has 0 radical (unpaired) electrons. The Kier molecular flexibility index (Phi) is 4.20. The van der Waals surface area contributed by atoms with Gasteiger partial charge in [-0.05, 0) is 6.42 Å². The second-order valence-corrected chi connectivity index (χ2v) is 1.87. The average molecular weight is 142 g/mol. The fraction of sp³-hybridized carbons (Fsp3) is 0.429. The Morgan fingerprint density at radius 2 is 2.20 bits per heavy atom. The van der Waals surface area contributed by atoms with E-state index in [1.807, 2.05) is 6.92 Å². The molecule has 0 spiro atoms. The molecule has 0 amide bonds. The molecular weight excluding hydrogens is 132 g/mol. The lowest BCUT2D eigenvalue weighted by Gasteiger charge is -1.93. The smallest absolute Gasteiger partial charge is 0.328 e. The highest BCUT2D eigenvalue weighted by atomic mass is 16.4. The SMILES string of the molecule is CCC(=CC(=O)O)CC=O. The number of carboxylic acids is 1. The number of hydrogen-bond donors (Lipinski definition) is 1. The van der Waals surface area contributed by atoms with Gasteiger partial charge < -0.3 is 9.90 Å². The molecule has 0 aromatic heterocycles. The van der Waals surface area contributed by atoms with Crippen LogP contribution in [0.4, 0.5) is 0 Å². The first-order valence-corrected chi connectivity index (χ1v) is 3.06.